The van der Waals surface area contributed by atoms with Gasteiger partial charge in [0.15, 0.2) is 0 Å². The van der Waals surface area contributed by atoms with Crippen LogP contribution >= 0.6 is 0 Å². The van der Waals surface area contributed by atoms with Crippen LogP contribution in [0.5, 0.6) is 0 Å². The molecular weight excluding hydrogens is 204 g/mol. The molecule has 0 saturated heterocycles. The lowest BCUT2D eigenvalue weighted by Crippen LogP contribution is -1.97. The van der Waals surface area contributed by atoms with Crippen LogP contribution in [0.2, 0.25) is 0 Å². The summed E-state index contributed by atoms with van der Waals surface area (Å²) in [5.74, 6) is -2.36. The maximum absolute atomic E-state index is 9.90. The summed E-state index contributed by atoms with van der Waals surface area (Å²) < 4.78 is 0. The summed E-state index contributed by atoms with van der Waals surface area (Å²) in [4.78, 5) is 19.8. The van der Waals surface area contributed by atoms with Crippen LogP contribution < -0.4 is 0 Å². The number of allylic oxidation sites excluding steroid dienone is 1. The molecule has 0 aromatic rings. The lowest BCUT2D eigenvalue weighted by Gasteiger charge is -1.92. The number of hydrogen-bond donors (Lipinski definition) is 4. The van der Waals surface area contributed by atoms with E-state index in [2.05, 4.69) is 0 Å². The zero-order valence-corrected chi connectivity index (χ0v) is 8.51. The molecule has 0 bridgehead atoms. The van der Waals surface area contributed by atoms with Gasteiger partial charge >= 0.3 is 11.9 Å². The van der Waals surface area contributed by atoms with Gasteiger partial charge in [0.2, 0.25) is 0 Å². The Kier molecular flexibility index (Phi) is 10.9. The first-order valence-electron chi connectivity index (χ1n) is 4.38. The molecule has 0 aliphatic carbocycles. The smallest absolute Gasteiger partial charge is 0.303 e. The number of aliphatic carboxylic acids is 2. The number of aliphatic hydroxyl groups excluding tert-OH is 1. The second-order valence-corrected chi connectivity index (χ2v) is 2.64. The van der Waals surface area contributed by atoms with E-state index in [0.717, 1.165) is 0 Å². The summed E-state index contributed by atoms with van der Waals surface area (Å²) in [5.41, 5.74) is 0. The van der Waals surface area contributed by atoms with Crippen molar-refractivity contribution in [1.82, 2.24) is 0 Å². The van der Waals surface area contributed by atoms with E-state index in [1.165, 1.54) is 13.0 Å². The number of rotatable bonds is 5. The molecular formula is C9H16O6. The third-order valence-electron chi connectivity index (χ3n) is 1.29. The molecule has 15 heavy (non-hydrogen) atoms. The van der Waals surface area contributed by atoms with Crippen LogP contribution in [0.3, 0.4) is 0 Å². The highest BCUT2D eigenvalue weighted by molar-refractivity contribution is 5.67. The first kappa shape index (κ1) is 15.7. The number of aliphatic hydroxyl groups is 2. The molecule has 0 radical (unpaired) electrons. The molecule has 88 valence electrons. The van der Waals surface area contributed by atoms with Gasteiger partial charge < -0.3 is 20.4 Å². The SMILES string of the molecule is CC=C(O)O.O=C(O)CCCCC(=O)O. The van der Waals surface area contributed by atoms with E-state index in [4.69, 9.17) is 20.4 Å². The molecule has 0 saturated carbocycles. The summed E-state index contributed by atoms with van der Waals surface area (Å²) in [5, 5.41) is 31.8. The fourth-order valence-electron chi connectivity index (χ4n) is 0.552. The minimum atomic E-state index is -0.870. The Morgan fingerprint density at radius 1 is 0.933 bits per heavy atom. The Balaban J connectivity index is 0. The molecule has 0 amide bonds. The van der Waals surface area contributed by atoms with Crippen molar-refractivity contribution in [1.29, 1.82) is 0 Å². The van der Waals surface area contributed by atoms with Gasteiger partial charge in [-0.05, 0) is 25.8 Å². The number of carbonyl (C=O) groups is 2. The third-order valence-corrected chi connectivity index (χ3v) is 1.29. The van der Waals surface area contributed by atoms with Crippen molar-refractivity contribution in [3.05, 3.63) is 12.0 Å². The highest BCUT2D eigenvalue weighted by atomic mass is 16.5. The van der Waals surface area contributed by atoms with Gasteiger partial charge in [0.05, 0.1) is 0 Å². The monoisotopic (exact) mass is 220 g/mol. The number of carboxylic acids is 2. The highest BCUT2D eigenvalue weighted by Crippen LogP contribution is 1.98. The van der Waals surface area contributed by atoms with E-state index in [1.807, 2.05) is 0 Å². The number of hydrogen-bond acceptors (Lipinski definition) is 4. The first-order valence-corrected chi connectivity index (χ1v) is 4.38. The fourth-order valence-corrected chi connectivity index (χ4v) is 0.552. The minimum Gasteiger partial charge on any atom is -0.481 e. The van der Waals surface area contributed by atoms with Gasteiger partial charge in [-0.25, -0.2) is 0 Å². The molecule has 6 nitrogen and oxygen atoms in total. The van der Waals surface area contributed by atoms with E-state index in [0.29, 0.717) is 12.8 Å². The quantitative estimate of drug-likeness (QED) is 0.414. The van der Waals surface area contributed by atoms with Crippen molar-refractivity contribution in [3.8, 4) is 0 Å². The largest absolute Gasteiger partial charge is 0.481 e. The van der Waals surface area contributed by atoms with E-state index < -0.39 is 17.9 Å². The maximum Gasteiger partial charge on any atom is 0.303 e. The Bertz CT molecular complexity index is 201. The number of carboxylic acid groups (broad SMARTS) is 2. The predicted molar refractivity (Wildman–Crippen MR) is 52.8 cm³/mol. The average Bonchev–Trinajstić information content (AvgIpc) is 2.13. The van der Waals surface area contributed by atoms with Gasteiger partial charge in [-0.3, -0.25) is 9.59 Å². The van der Waals surface area contributed by atoms with Crippen molar-refractivity contribution >= 4 is 11.9 Å². The molecule has 0 spiro atoms. The van der Waals surface area contributed by atoms with E-state index in [1.54, 1.807) is 0 Å². The van der Waals surface area contributed by atoms with Gasteiger partial charge in [-0.2, -0.15) is 0 Å². The minimum absolute atomic E-state index is 0.0628. The van der Waals surface area contributed by atoms with Crippen molar-refractivity contribution in [2.45, 2.75) is 32.6 Å². The molecule has 0 aliphatic heterocycles. The Morgan fingerprint density at radius 2 is 1.20 bits per heavy atom. The Morgan fingerprint density at radius 3 is 1.33 bits per heavy atom. The summed E-state index contributed by atoms with van der Waals surface area (Å²) >= 11 is 0. The third kappa shape index (κ3) is 24.5. The van der Waals surface area contributed by atoms with E-state index in [9.17, 15) is 9.59 Å². The summed E-state index contributed by atoms with van der Waals surface area (Å²) in [6.07, 6.45) is 2.21. The zero-order chi connectivity index (χ0) is 12.3. The zero-order valence-electron chi connectivity index (χ0n) is 8.51. The van der Waals surface area contributed by atoms with Crippen LogP contribution in [-0.4, -0.2) is 32.4 Å². The van der Waals surface area contributed by atoms with Crippen molar-refractivity contribution in [3.63, 3.8) is 0 Å². The second-order valence-electron chi connectivity index (χ2n) is 2.64. The predicted octanol–water partition coefficient (Wildman–Crippen LogP) is 1.68. The summed E-state index contributed by atoms with van der Waals surface area (Å²) in [6.45, 7) is 1.54. The van der Waals surface area contributed by atoms with Crippen LogP contribution in [0.15, 0.2) is 12.0 Å². The fraction of sp³-hybridized carbons (Fsp3) is 0.556. The standard InChI is InChI=1S/C6H10O4.C3H6O2/c7-5(8)3-1-2-4-6(9)10;1-2-3(4)5/h1-4H2,(H,7,8)(H,9,10);2,4-5H,1H3. The molecule has 0 aromatic heterocycles. The van der Waals surface area contributed by atoms with Gasteiger partial charge in [0.25, 0.3) is 5.95 Å². The van der Waals surface area contributed by atoms with Crippen LogP contribution in [0.25, 0.3) is 0 Å². The van der Waals surface area contributed by atoms with E-state index in [-0.39, 0.29) is 12.8 Å². The molecule has 4 N–H and O–H groups in total. The van der Waals surface area contributed by atoms with Gasteiger partial charge in [-0.1, -0.05) is 0 Å². The van der Waals surface area contributed by atoms with Crippen molar-refractivity contribution in [2.24, 2.45) is 0 Å². The normalized spacial score (nSPS) is 8.33. The lowest BCUT2D eigenvalue weighted by atomic mass is 10.2. The summed E-state index contributed by atoms with van der Waals surface area (Å²) in [6, 6.07) is 0. The topological polar surface area (TPSA) is 115 Å². The molecule has 0 heterocycles. The average molecular weight is 220 g/mol. The van der Waals surface area contributed by atoms with Crippen LogP contribution in [0, 0.1) is 0 Å². The van der Waals surface area contributed by atoms with Gasteiger partial charge in [0, 0.05) is 12.8 Å². The molecule has 6 heteroatoms. The summed E-state index contributed by atoms with van der Waals surface area (Å²) in [7, 11) is 0. The second kappa shape index (κ2) is 10.4. The van der Waals surface area contributed by atoms with Gasteiger partial charge in [-0.15, -0.1) is 0 Å². The molecule has 0 aromatic carbocycles. The van der Waals surface area contributed by atoms with Crippen LogP contribution in [0.4, 0.5) is 0 Å². The molecule has 0 rings (SSSR count). The molecule has 0 aliphatic rings. The molecule has 0 unspecified atom stereocenters. The van der Waals surface area contributed by atoms with Crippen LogP contribution in [0.1, 0.15) is 32.6 Å². The highest BCUT2D eigenvalue weighted by Gasteiger charge is 1.99. The number of unbranched alkanes of at least 4 members (excludes halogenated alkanes) is 1. The van der Waals surface area contributed by atoms with Crippen LogP contribution in [-0.2, 0) is 9.59 Å². The van der Waals surface area contributed by atoms with Crippen molar-refractivity contribution in [2.75, 3.05) is 0 Å². The molecule has 0 atom stereocenters. The Labute approximate surface area is 87.5 Å². The molecule has 0 fully saturated rings. The van der Waals surface area contributed by atoms with E-state index >= 15 is 0 Å². The van der Waals surface area contributed by atoms with Crippen molar-refractivity contribution < 1.29 is 30.0 Å². The Hall–Kier alpha value is -1.72. The van der Waals surface area contributed by atoms with Gasteiger partial charge in [0.1, 0.15) is 0 Å². The lowest BCUT2D eigenvalue weighted by molar-refractivity contribution is -0.139. The first-order chi connectivity index (χ1) is 6.90. The maximum atomic E-state index is 9.90.